The topological polar surface area (TPSA) is 69.0 Å². The van der Waals surface area contributed by atoms with Gasteiger partial charge in [-0.1, -0.05) is 36.4 Å². The van der Waals surface area contributed by atoms with E-state index in [1.165, 1.54) is 6.33 Å². The predicted octanol–water partition coefficient (Wildman–Crippen LogP) is 3.92. The molecule has 0 aliphatic rings. The van der Waals surface area contributed by atoms with Crippen molar-refractivity contribution in [2.45, 2.75) is 13.0 Å². The molecule has 1 N–H and O–H groups in total. The fourth-order valence-electron chi connectivity index (χ4n) is 3.18. The molecule has 1 atom stereocenters. The molecular weight excluding hydrogens is 352 g/mol. The second kappa shape index (κ2) is 7.52. The average Bonchev–Trinajstić information content (AvgIpc) is 3.27. The van der Waals surface area contributed by atoms with E-state index in [1.54, 1.807) is 18.1 Å². The van der Waals surface area contributed by atoms with Crippen molar-refractivity contribution in [2.75, 3.05) is 7.11 Å². The number of benzene rings is 3. The first kappa shape index (κ1) is 17.7. The van der Waals surface area contributed by atoms with Gasteiger partial charge < -0.3 is 10.1 Å². The van der Waals surface area contributed by atoms with Crippen LogP contribution in [0.1, 0.15) is 28.9 Å². The molecule has 6 heteroatoms. The third-order valence-electron chi connectivity index (χ3n) is 4.74. The highest BCUT2D eigenvalue weighted by molar-refractivity contribution is 6.01. The summed E-state index contributed by atoms with van der Waals surface area (Å²) in [6, 6.07) is 19.3. The van der Waals surface area contributed by atoms with E-state index in [4.69, 9.17) is 4.74 Å². The van der Waals surface area contributed by atoms with E-state index in [1.807, 2.05) is 67.6 Å². The summed E-state index contributed by atoms with van der Waals surface area (Å²) in [5, 5.41) is 9.20. The molecule has 0 fully saturated rings. The van der Waals surface area contributed by atoms with Gasteiger partial charge in [0.05, 0.1) is 24.4 Å². The Bertz CT molecular complexity index is 1110. The molecule has 140 valence electrons. The third-order valence-corrected chi connectivity index (χ3v) is 4.74. The lowest BCUT2D eigenvalue weighted by Crippen LogP contribution is -2.27. The highest BCUT2D eigenvalue weighted by Crippen LogP contribution is 2.26. The molecule has 0 saturated heterocycles. The van der Waals surface area contributed by atoms with Crippen molar-refractivity contribution in [2.24, 2.45) is 0 Å². The predicted molar refractivity (Wildman–Crippen MR) is 108 cm³/mol. The van der Waals surface area contributed by atoms with Crippen LogP contribution in [0, 0.1) is 0 Å². The number of carbonyl (C=O) groups is 1. The van der Waals surface area contributed by atoms with Gasteiger partial charge in [-0.25, -0.2) is 9.67 Å². The number of aromatic nitrogens is 3. The Morgan fingerprint density at radius 1 is 1.07 bits per heavy atom. The third kappa shape index (κ3) is 3.44. The zero-order valence-corrected chi connectivity index (χ0v) is 15.7. The van der Waals surface area contributed by atoms with E-state index in [9.17, 15) is 4.79 Å². The summed E-state index contributed by atoms with van der Waals surface area (Å²) in [6.45, 7) is 1.95. The van der Waals surface area contributed by atoms with Crippen molar-refractivity contribution >= 4 is 16.7 Å². The van der Waals surface area contributed by atoms with Crippen molar-refractivity contribution in [3.8, 4) is 11.4 Å². The van der Waals surface area contributed by atoms with Gasteiger partial charge in [0.1, 0.15) is 18.4 Å². The lowest BCUT2D eigenvalue weighted by atomic mass is 10.0. The first-order valence-corrected chi connectivity index (χ1v) is 8.98. The van der Waals surface area contributed by atoms with E-state index in [0.29, 0.717) is 11.3 Å². The normalized spacial score (nSPS) is 11.9. The number of hydrogen-bond acceptors (Lipinski definition) is 4. The van der Waals surface area contributed by atoms with Crippen LogP contribution in [-0.2, 0) is 0 Å². The van der Waals surface area contributed by atoms with Crippen molar-refractivity contribution in [3.63, 3.8) is 0 Å². The van der Waals surface area contributed by atoms with Crippen LogP contribution in [-0.4, -0.2) is 27.8 Å². The Balaban J connectivity index is 1.55. The molecule has 4 rings (SSSR count). The number of rotatable bonds is 5. The Labute approximate surface area is 162 Å². The maximum absolute atomic E-state index is 12.9. The van der Waals surface area contributed by atoms with Gasteiger partial charge in [-0.15, -0.1) is 0 Å². The standard InChI is InChI=1S/C22H20N4O2/c1-15(16-7-9-19(10-8-16)26-14-23-13-24-26)25-22(27)20-11-17-5-3-4-6-18(17)12-21(20)28-2/h3-15H,1-2H3,(H,25,27). The molecule has 0 spiro atoms. The van der Waals surface area contributed by atoms with Crippen LogP contribution in [0.15, 0.2) is 73.3 Å². The number of nitrogens with zero attached hydrogens (tertiary/aromatic N) is 3. The van der Waals surface area contributed by atoms with Crippen molar-refractivity contribution in [1.29, 1.82) is 0 Å². The maximum atomic E-state index is 12.9. The molecule has 1 heterocycles. The molecule has 0 bridgehead atoms. The number of amides is 1. The minimum absolute atomic E-state index is 0.159. The Kier molecular flexibility index (Phi) is 4.76. The lowest BCUT2D eigenvalue weighted by Gasteiger charge is -2.17. The SMILES string of the molecule is COc1cc2ccccc2cc1C(=O)NC(C)c1ccc(-n2cncn2)cc1. The van der Waals surface area contributed by atoms with Crippen molar-refractivity contribution in [1.82, 2.24) is 20.1 Å². The second-order valence-electron chi connectivity index (χ2n) is 6.53. The summed E-state index contributed by atoms with van der Waals surface area (Å²) >= 11 is 0. The number of hydrogen-bond donors (Lipinski definition) is 1. The average molecular weight is 372 g/mol. The number of nitrogens with one attached hydrogen (secondary N) is 1. The summed E-state index contributed by atoms with van der Waals surface area (Å²) in [4.78, 5) is 16.8. The van der Waals surface area contributed by atoms with Gasteiger partial charge in [-0.05, 0) is 47.5 Å². The van der Waals surface area contributed by atoms with Gasteiger partial charge in [0.25, 0.3) is 5.91 Å². The largest absolute Gasteiger partial charge is 0.496 e. The highest BCUT2D eigenvalue weighted by Gasteiger charge is 2.16. The summed E-state index contributed by atoms with van der Waals surface area (Å²) in [7, 11) is 1.58. The van der Waals surface area contributed by atoms with E-state index < -0.39 is 0 Å². The summed E-state index contributed by atoms with van der Waals surface area (Å²) in [5.41, 5.74) is 2.43. The first-order chi connectivity index (χ1) is 13.7. The van der Waals surface area contributed by atoms with Gasteiger partial charge in [-0.2, -0.15) is 5.10 Å². The van der Waals surface area contributed by atoms with Crippen LogP contribution in [0.2, 0.25) is 0 Å². The fraction of sp³-hybridized carbons (Fsp3) is 0.136. The Morgan fingerprint density at radius 2 is 1.79 bits per heavy atom. The van der Waals surface area contributed by atoms with Crippen molar-refractivity contribution in [3.05, 3.63) is 84.4 Å². The van der Waals surface area contributed by atoms with Gasteiger partial charge >= 0.3 is 0 Å². The van der Waals surface area contributed by atoms with Crippen LogP contribution in [0.25, 0.3) is 16.5 Å². The molecular formula is C22H20N4O2. The molecule has 3 aromatic carbocycles. The molecule has 1 amide bonds. The van der Waals surface area contributed by atoms with Crippen LogP contribution < -0.4 is 10.1 Å². The van der Waals surface area contributed by atoms with Gasteiger partial charge in [-0.3, -0.25) is 4.79 Å². The minimum Gasteiger partial charge on any atom is -0.496 e. The molecule has 0 aliphatic heterocycles. The molecule has 6 nitrogen and oxygen atoms in total. The van der Waals surface area contributed by atoms with Crippen LogP contribution >= 0.6 is 0 Å². The van der Waals surface area contributed by atoms with Crippen LogP contribution in [0.5, 0.6) is 5.75 Å². The first-order valence-electron chi connectivity index (χ1n) is 8.98. The number of carbonyl (C=O) groups excluding carboxylic acids is 1. The molecule has 28 heavy (non-hydrogen) atoms. The van der Waals surface area contributed by atoms with Gasteiger partial charge in [0, 0.05) is 0 Å². The minimum atomic E-state index is -0.171. The number of ether oxygens (including phenoxy) is 1. The highest BCUT2D eigenvalue weighted by atomic mass is 16.5. The van der Waals surface area contributed by atoms with E-state index >= 15 is 0 Å². The summed E-state index contributed by atoms with van der Waals surface area (Å²) < 4.78 is 7.13. The number of methoxy groups -OCH3 is 1. The summed E-state index contributed by atoms with van der Waals surface area (Å²) in [6.07, 6.45) is 3.14. The Hall–Kier alpha value is -3.67. The molecule has 0 saturated carbocycles. The van der Waals surface area contributed by atoms with Crippen molar-refractivity contribution < 1.29 is 9.53 Å². The fourth-order valence-corrected chi connectivity index (χ4v) is 3.18. The zero-order valence-electron chi connectivity index (χ0n) is 15.7. The van der Waals surface area contributed by atoms with Crippen LogP contribution in [0.3, 0.4) is 0 Å². The second-order valence-corrected chi connectivity index (χ2v) is 6.53. The molecule has 1 aromatic heterocycles. The maximum Gasteiger partial charge on any atom is 0.255 e. The monoisotopic (exact) mass is 372 g/mol. The molecule has 1 unspecified atom stereocenters. The lowest BCUT2D eigenvalue weighted by molar-refractivity contribution is 0.0937. The van der Waals surface area contributed by atoms with Crippen LogP contribution in [0.4, 0.5) is 0 Å². The van der Waals surface area contributed by atoms with E-state index in [0.717, 1.165) is 22.0 Å². The van der Waals surface area contributed by atoms with Gasteiger partial charge in [0.2, 0.25) is 0 Å². The Morgan fingerprint density at radius 3 is 2.43 bits per heavy atom. The smallest absolute Gasteiger partial charge is 0.255 e. The quantitative estimate of drug-likeness (QED) is 0.576. The summed E-state index contributed by atoms with van der Waals surface area (Å²) in [5.74, 6) is 0.389. The van der Waals surface area contributed by atoms with E-state index in [-0.39, 0.29) is 11.9 Å². The van der Waals surface area contributed by atoms with E-state index in [2.05, 4.69) is 15.4 Å². The molecule has 0 radical (unpaired) electrons. The molecule has 4 aromatic rings. The zero-order chi connectivity index (χ0) is 19.5. The number of fused-ring (bicyclic) bond motifs is 1. The molecule has 0 aliphatic carbocycles. The van der Waals surface area contributed by atoms with Gasteiger partial charge in [0.15, 0.2) is 0 Å².